The summed E-state index contributed by atoms with van der Waals surface area (Å²) in [7, 11) is -1.09. The Morgan fingerprint density at radius 3 is 2.35 bits per heavy atom. The summed E-state index contributed by atoms with van der Waals surface area (Å²) in [5, 5.41) is 0.351. The number of sulfonamides is 1. The number of thioether (sulfide) groups is 1. The van der Waals surface area contributed by atoms with Gasteiger partial charge in [-0.05, 0) is 0 Å². The zero-order valence-corrected chi connectivity index (χ0v) is 13.8. The van der Waals surface area contributed by atoms with Crippen LogP contribution in [0.5, 0.6) is 0 Å². The number of rotatable bonds is 5. The lowest BCUT2D eigenvalue weighted by molar-refractivity contribution is -0.116. The zero-order chi connectivity index (χ0) is 15.7. The van der Waals surface area contributed by atoms with Crippen LogP contribution in [0.25, 0.3) is 0 Å². The third kappa shape index (κ3) is 3.74. The average Bonchev–Trinajstić information content (AvgIpc) is 2.72. The Morgan fingerprint density at radius 1 is 1.45 bits per heavy atom. The Labute approximate surface area is 123 Å². The van der Waals surface area contributed by atoms with E-state index in [1.807, 2.05) is 20.8 Å². The molecule has 0 saturated carbocycles. The van der Waals surface area contributed by atoms with E-state index in [1.165, 1.54) is 14.1 Å². The average molecular weight is 320 g/mol. The molecule has 0 aliphatic carbocycles. The van der Waals surface area contributed by atoms with Crippen molar-refractivity contribution in [3.8, 4) is 0 Å². The molecule has 1 amide bonds. The summed E-state index contributed by atoms with van der Waals surface area (Å²) in [5.41, 5.74) is 5.90. The highest BCUT2D eigenvalue weighted by Crippen LogP contribution is 2.28. The first-order chi connectivity index (χ1) is 8.96. The lowest BCUT2D eigenvalue weighted by Gasteiger charge is -2.18. The number of hydrogen-bond donors (Lipinski definition) is 2. The number of aromatic nitrogens is 2. The van der Waals surface area contributed by atoms with Crippen LogP contribution in [0.15, 0.2) is 11.4 Å². The van der Waals surface area contributed by atoms with Gasteiger partial charge in [0.15, 0.2) is 5.16 Å². The first kappa shape index (κ1) is 17.0. The first-order valence-electron chi connectivity index (χ1n) is 5.89. The summed E-state index contributed by atoms with van der Waals surface area (Å²) in [6.45, 7) is 5.99. The molecule has 0 spiro atoms. The van der Waals surface area contributed by atoms with E-state index in [1.54, 1.807) is 6.20 Å². The smallest absolute Gasteiger partial charge is 0.247 e. The minimum atomic E-state index is -3.80. The van der Waals surface area contributed by atoms with Crippen LogP contribution in [0.3, 0.4) is 0 Å². The van der Waals surface area contributed by atoms with Crippen LogP contribution < -0.4 is 5.73 Å². The number of amides is 1. The Bertz CT molecular complexity index is 587. The van der Waals surface area contributed by atoms with Gasteiger partial charge in [-0.25, -0.2) is 17.7 Å². The lowest BCUT2D eigenvalue weighted by atomic mass is 9.93. The number of H-pyrrole nitrogens is 1. The van der Waals surface area contributed by atoms with Crippen molar-refractivity contribution in [2.45, 2.75) is 35.9 Å². The maximum atomic E-state index is 12.0. The molecule has 0 aromatic carbocycles. The van der Waals surface area contributed by atoms with Crippen LogP contribution in [0.4, 0.5) is 0 Å². The van der Waals surface area contributed by atoms with Gasteiger partial charge in [-0.15, -0.1) is 0 Å². The SMILES string of the molecule is CN(C)S(=O)(=O)C(Sc1ncc(C(C)(C)C)[nH]1)C(N)=O. The van der Waals surface area contributed by atoms with Crippen LogP contribution in [0.2, 0.25) is 0 Å². The molecule has 114 valence electrons. The molecule has 1 aromatic heterocycles. The molecule has 1 aromatic rings. The molecular formula is C11H20N4O3S2. The number of imidazole rings is 1. The monoisotopic (exact) mass is 320 g/mol. The predicted octanol–water partition coefficient (Wildman–Crippen LogP) is 0.502. The Balaban J connectivity index is 3.05. The Morgan fingerprint density at radius 2 is 2.00 bits per heavy atom. The minimum Gasteiger partial charge on any atom is -0.368 e. The summed E-state index contributed by atoms with van der Waals surface area (Å²) >= 11 is 0.798. The maximum Gasteiger partial charge on any atom is 0.247 e. The van der Waals surface area contributed by atoms with Crippen molar-refractivity contribution in [1.29, 1.82) is 0 Å². The molecule has 0 aliphatic rings. The summed E-state index contributed by atoms with van der Waals surface area (Å²) in [4.78, 5) is 18.5. The fraction of sp³-hybridized carbons (Fsp3) is 0.636. The highest BCUT2D eigenvalue weighted by Gasteiger charge is 2.35. The predicted molar refractivity (Wildman–Crippen MR) is 78.7 cm³/mol. The van der Waals surface area contributed by atoms with Gasteiger partial charge in [0, 0.05) is 31.4 Å². The third-order valence-corrected chi connectivity index (χ3v) is 6.28. The first-order valence-corrected chi connectivity index (χ1v) is 8.27. The van der Waals surface area contributed by atoms with Crippen molar-refractivity contribution < 1.29 is 13.2 Å². The molecule has 20 heavy (non-hydrogen) atoms. The Kier molecular flexibility index (Phi) is 4.88. The normalized spacial score (nSPS) is 14.5. The second kappa shape index (κ2) is 5.74. The fourth-order valence-corrected chi connectivity index (χ4v) is 3.86. The summed E-state index contributed by atoms with van der Waals surface area (Å²) in [6.07, 6.45) is 1.63. The van der Waals surface area contributed by atoms with Crippen LogP contribution in [-0.4, -0.2) is 47.3 Å². The summed E-state index contributed by atoms with van der Waals surface area (Å²) in [6, 6.07) is 0. The van der Waals surface area contributed by atoms with Crippen molar-refractivity contribution in [2.75, 3.05) is 14.1 Å². The molecule has 0 saturated heterocycles. The highest BCUT2D eigenvalue weighted by molar-refractivity contribution is 8.13. The highest BCUT2D eigenvalue weighted by atomic mass is 32.3. The standard InChI is InChI=1S/C11H20N4O3S2/c1-11(2,3)7-6-13-10(14-7)19-9(8(12)16)20(17,18)15(4)5/h6,9H,1-5H3,(H2,12,16)(H,13,14). The number of nitrogens with zero attached hydrogens (tertiary/aromatic N) is 2. The molecule has 1 rings (SSSR count). The second-order valence-corrected chi connectivity index (χ2v) is 9.16. The molecule has 0 bridgehead atoms. The van der Waals surface area contributed by atoms with Crippen LogP contribution in [0.1, 0.15) is 26.5 Å². The lowest BCUT2D eigenvalue weighted by Crippen LogP contribution is -2.40. The number of hydrogen-bond acceptors (Lipinski definition) is 5. The van der Waals surface area contributed by atoms with Gasteiger partial charge >= 0.3 is 0 Å². The number of nitrogens with two attached hydrogens (primary N) is 1. The Hall–Kier alpha value is -1.06. The number of carbonyl (C=O) groups is 1. The minimum absolute atomic E-state index is 0.144. The largest absolute Gasteiger partial charge is 0.368 e. The van der Waals surface area contributed by atoms with Gasteiger partial charge in [0.1, 0.15) is 0 Å². The topological polar surface area (TPSA) is 109 Å². The van der Waals surface area contributed by atoms with Crippen molar-refractivity contribution in [1.82, 2.24) is 14.3 Å². The van der Waals surface area contributed by atoms with Crippen LogP contribution in [-0.2, 0) is 20.2 Å². The van der Waals surface area contributed by atoms with Gasteiger partial charge in [0.2, 0.25) is 20.5 Å². The van der Waals surface area contributed by atoms with Crippen molar-refractivity contribution in [3.63, 3.8) is 0 Å². The van der Waals surface area contributed by atoms with E-state index in [0.29, 0.717) is 5.16 Å². The van der Waals surface area contributed by atoms with Gasteiger partial charge in [-0.1, -0.05) is 32.5 Å². The zero-order valence-electron chi connectivity index (χ0n) is 12.2. The quantitative estimate of drug-likeness (QED) is 0.768. The van der Waals surface area contributed by atoms with Gasteiger partial charge in [0.05, 0.1) is 0 Å². The number of carbonyl (C=O) groups excluding carboxylic acids is 1. The van der Waals surface area contributed by atoms with E-state index in [9.17, 15) is 13.2 Å². The van der Waals surface area contributed by atoms with Gasteiger partial charge < -0.3 is 10.7 Å². The van der Waals surface area contributed by atoms with Gasteiger partial charge in [-0.2, -0.15) is 0 Å². The molecule has 7 nitrogen and oxygen atoms in total. The number of aromatic amines is 1. The van der Waals surface area contributed by atoms with Crippen LogP contribution >= 0.6 is 11.8 Å². The van der Waals surface area contributed by atoms with Crippen LogP contribution in [0, 0.1) is 0 Å². The number of primary amides is 1. The molecular weight excluding hydrogens is 300 g/mol. The van der Waals surface area contributed by atoms with Gasteiger partial charge in [0.25, 0.3) is 0 Å². The van der Waals surface area contributed by atoms with Crippen molar-refractivity contribution >= 4 is 27.7 Å². The fourth-order valence-electron chi connectivity index (χ4n) is 1.30. The van der Waals surface area contributed by atoms with E-state index in [0.717, 1.165) is 21.8 Å². The van der Waals surface area contributed by atoms with E-state index >= 15 is 0 Å². The summed E-state index contributed by atoms with van der Waals surface area (Å²) < 4.78 is 23.7. The van der Waals surface area contributed by atoms with E-state index in [4.69, 9.17) is 5.73 Å². The van der Waals surface area contributed by atoms with Crippen molar-refractivity contribution in [3.05, 3.63) is 11.9 Å². The second-order valence-electron chi connectivity index (χ2n) is 5.53. The molecule has 0 radical (unpaired) electrons. The van der Waals surface area contributed by atoms with Crippen molar-refractivity contribution in [2.24, 2.45) is 5.73 Å². The molecule has 9 heteroatoms. The molecule has 0 fully saturated rings. The number of nitrogens with one attached hydrogen (secondary N) is 1. The third-order valence-electron chi connectivity index (χ3n) is 2.59. The molecule has 1 unspecified atom stereocenters. The molecule has 3 N–H and O–H groups in total. The molecule has 1 atom stereocenters. The maximum absolute atomic E-state index is 12.0. The van der Waals surface area contributed by atoms with Gasteiger partial charge in [-0.3, -0.25) is 4.79 Å². The van der Waals surface area contributed by atoms with E-state index in [-0.39, 0.29) is 5.41 Å². The summed E-state index contributed by atoms with van der Waals surface area (Å²) in [5.74, 6) is -0.919. The van der Waals surface area contributed by atoms with E-state index in [2.05, 4.69) is 9.97 Å². The molecule has 0 aliphatic heterocycles. The van der Waals surface area contributed by atoms with E-state index < -0.39 is 20.5 Å². The molecule has 1 heterocycles.